The Morgan fingerprint density at radius 2 is 1.60 bits per heavy atom. The third-order valence-electron chi connectivity index (χ3n) is 6.66. The molecule has 0 bridgehead atoms. The van der Waals surface area contributed by atoms with Crippen LogP contribution in [-0.4, -0.2) is 59.8 Å². The van der Waals surface area contributed by atoms with Gasteiger partial charge >= 0.3 is 5.97 Å². The first-order valence-corrected chi connectivity index (χ1v) is 18.0. The summed E-state index contributed by atoms with van der Waals surface area (Å²) in [5.74, 6) is 5.89. The summed E-state index contributed by atoms with van der Waals surface area (Å²) in [6, 6.07) is 14.9. The number of esters is 1. The Kier molecular flexibility index (Phi) is 13.8. The maximum atomic E-state index is 13.4. The summed E-state index contributed by atoms with van der Waals surface area (Å²) in [7, 11) is -1.83. The van der Waals surface area contributed by atoms with Gasteiger partial charge in [-0.05, 0) is 36.6 Å². The van der Waals surface area contributed by atoms with Gasteiger partial charge in [-0.2, -0.15) is 8.42 Å². The fourth-order valence-corrected chi connectivity index (χ4v) is 7.10. The lowest BCUT2D eigenvalue weighted by Gasteiger charge is -2.26. The van der Waals surface area contributed by atoms with Gasteiger partial charge in [0.25, 0.3) is 10.1 Å². The Labute approximate surface area is 260 Å². The number of rotatable bonds is 17. The molecular formula is C31H35NO8S3. The van der Waals surface area contributed by atoms with Crippen molar-refractivity contribution in [3.05, 3.63) is 65.2 Å². The number of para-hydroxylation sites is 1. The van der Waals surface area contributed by atoms with Crippen LogP contribution in [-0.2, 0) is 40.6 Å². The number of ether oxygens (including phenoxy) is 1. The molecule has 1 aliphatic rings. The number of Topliss-reactive ketones (excluding diaryl/α,β-unsaturated/α-hetero) is 2. The molecule has 0 aromatic heterocycles. The highest BCUT2D eigenvalue weighted by Gasteiger charge is 2.31. The summed E-state index contributed by atoms with van der Waals surface area (Å²) < 4.78 is 38.6. The number of carbonyl (C=O) groups is 4. The lowest BCUT2D eigenvalue weighted by molar-refractivity contribution is -0.142. The smallest absolute Gasteiger partial charge is 0.305 e. The number of fused-ring (bicyclic) bond motifs is 2. The van der Waals surface area contributed by atoms with Crippen LogP contribution in [0.15, 0.2) is 48.5 Å². The zero-order chi connectivity index (χ0) is 31.2. The first-order chi connectivity index (χ1) is 20.6. The molecule has 0 radical (unpaired) electrons. The van der Waals surface area contributed by atoms with Crippen LogP contribution in [0.25, 0.3) is 0 Å². The number of hydrogen-bond acceptors (Lipinski definition) is 9. The molecule has 9 nitrogen and oxygen atoms in total. The van der Waals surface area contributed by atoms with Gasteiger partial charge in [0.1, 0.15) is 17.6 Å². The lowest BCUT2D eigenvalue weighted by atomic mass is 10.0. The second kappa shape index (κ2) is 17.3. The average Bonchev–Trinajstić information content (AvgIpc) is 2.97. The topological polar surface area (TPSA) is 135 Å². The van der Waals surface area contributed by atoms with Crippen molar-refractivity contribution in [1.29, 1.82) is 0 Å². The number of anilines is 1. The van der Waals surface area contributed by atoms with E-state index in [2.05, 4.69) is 11.8 Å². The minimum atomic E-state index is -4.72. The van der Waals surface area contributed by atoms with Crippen molar-refractivity contribution in [2.24, 2.45) is 0 Å². The minimum Gasteiger partial charge on any atom is -0.465 e. The Morgan fingerprint density at radius 3 is 2.35 bits per heavy atom. The molecule has 2 aromatic carbocycles. The number of nitrogens with zero attached hydrogens (tertiary/aromatic N) is 1. The molecule has 2 aromatic rings. The van der Waals surface area contributed by atoms with Crippen molar-refractivity contribution >= 4 is 60.8 Å². The van der Waals surface area contributed by atoms with E-state index in [9.17, 15) is 32.1 Å². The third-order valence-corrected chi connectivity index (χ3v) is 10.2. The summed E-state index contributed by atoms with van der Waals surface area (Å²) in [6.45, 7) is 2.30. The van der Waals surface area contributed by atoms with Gasteiger partial charge in [-0.25, -0.2) is 0 Å². The van der Waals surface area contributed by atoms with Crippen molar-refractivity contribution in [2.75, 3.05) is 23.0 Å². The quantitative estimate of drug-likeness (QED) is 0.0823. The van der Waals surface area contributed by atoms with Gasteiger partial charge in [-0.3, -0.25) is 23.7 Å². The normalized spacial score (nSPS) is 12.9. The number of ketones is 2. The van der Waals surface area contributed by atoms with Gasteiger partial charge in [0.05, 0.1) is 12.2 Å². The van der Waals surface area contributed by atoms with E-state index < -0.39 is 21.2 Å². The molecule has 1 atom stereocenters. The van der Waals surface area contributed by atoms with Crippen LogP contribution in [0, 0.1) is 11.8 Å². The lowest BCUT2D eigenvalue weighted by Crippen LogP contribution is -2.33. The molecular weight excluding hydrogens is 611 g/mol. The van der Waals surface area contributed by atoms with E-state index in [0.29, 0.717) is 35.7 Å². The Morgan fingerprint density at radius 1 is 0.930 bits per heavy atom. The summed E-state index contributed by atoms with van der Waals surface area (Å²) in [5, 5.41) is -1.72. The largest absolute Gasteiger partial charge is 0.465 e. The van der Waals surface area contributed by atoms with Crippen molar-refractivity contribution in [2.45, 2.75) is 63.7 Å². The summed E-state index contributed by atoms with van der Waals surface area (Å²) >= 11 is 0. The Hall–Kier alpha value is -3.11. The molecule has 1 N–H and O–H groups in total. The van der Waals surface area contributed by atoms with Gasteiger partial charge in [-0.1, -0.05) is 70.7 Å². The molecule has 1 heterocycles. The van der Waals surface area contributed by atoms with Gasteiger partial charge in [0, 0.05) is 54.7 Å². The van der Waals surface area contributed by atoms with E-state index in [-0.39, 0.29) is 62.8 Å². The molecule has 1 amide bonds. The number of amides is 1. The maximum Gasteiger partial charge on any atom is 0.305 e. The molecule has 1 unspecified atom stereocenters. The van der Waals surface area contributed by atoms with Crippen LogP contribution in [0.1, 0.15) is 68.6 Å². The number of hydrogen-bond donors (Lipinski definition) is 1. The van der Waals surface area contributed by atoms with Gasteiger partial charge in [0.15, 0.2) is 5.78 Å². The maximum absolute atomic E-state index is 13.4. The van der Waals surface area contributed by atoms with Gasteiger partial charge in [-0.15, -0.1) is 0 Å². The van der Waals surface area contributed by atoms with Crippen molar-refractivity contribution in [3.63, 3.8) is 0 Å². The third kappa shape index (κ3) is 11.2. The van der Waals surface area contributed by atoms with Crippen LogP contribution in [0.2, 0.25) is 0 Å². The zero-order valence-corrected chi connectivity index (χ0v) is 26.4. The molecule has 12 heteroatoms. The van der Waals surface area contributed by atoms with Crippen LogP contribution >= 0.6 is 21.6 Å². The van der Waals surface area contributed by atoms with Gasteiger partial charge in [0.2, 0.25) is 5.91 Å². The van der Waals surface area contributed by atoms with Crippen LogP contribution in [0.3, 0.4) is 0 Å². The highest BCUT2D eigenvalue weighted by atomic mass is 33.1. The Balaban J connectivity index is 1.49. The van der Waals surface area contributed by atoms with Crippen molar-refractivity contribution < 1.29 is 36.9 Å². The minimum absolute atomic E-state index is 0.0146. The zero-order valence-electron chi connectivity index (χ0n) is 24.0. The number of carbonyl (C=O) groups excluding carboxylic acids is 4. The van der Waals surface area contributed by atoms with Crippen molar-refractivity contribution in [3.8, 4) is 11.8 Å². The van der Waals surface area contributed by atoms with E-state index in [1.807, 2.05) is 48.5 Å². The SMILES string of the molecule is CCC(=O)OCCSSCCC(=O)CCC(C(=O)CCCC(=O)N1Cc2ccccc2C#Cc2ccccc21)S(=O)(=O)O. The highest BCUT2D eigenvalue weighted by Crippen LogP contribution is 2.27. The second-order valence-corrected chi connectivity index (χ2v) is 14.1. The molecule has 0 saturated carbocycles. The molecule has 3 rings (SSSR count). The fourth-order valence-electron chi connectivity index (χ4n) is 4.38. The number of benzene rings is 2. The predicted octanol–water partition coefficient (Wildman–Crippen LogP) is 5.00. The Bertz CT molecular complexity index is 1480. The van der Waals surface area contributed by atoms with E-state index in [4.69, 9.17) is 4.74 Å². The molecule has 230 valence electrons. The van der Waals surface area contributed by atoms with E-state index in [1.54, 1.807) is 11.8 Å². The first-order valence-electron chi connectivity index (χ1n) is 14.0. The van der Waals surface area contributed by atoms with E-state index in [0.717, 1.165) is 11.1 Å². The van der Waals surface area contributed by atoms with Crippen molar-refractivity contribution in [1.82, 2.24) is 0 Å². The average molecular weight is 646 g/mol. The molecule has 43 heavy (non-hydrogen) atoms. The first kappa shape index (κ1) is 34.4. The van der Waals surface area contributed by atoms with Crippen LogP contribution in [0.4, 0.5) is 5.69 Å². The molecule has 1 aliphatic heterocycles. The van der Waals surface area contributed by atoms with Crippen LogP contribution in [0.5, 0.6) is 0 Å². The van der Waals surface area contributed by atoms with E-state index in [1.165, 1.54) is 21.6 Å². The summed E-state index contributed by atoms with van der Waals surface area (Å²) in [6.07, 6.45) is -0.145. The standard InChI is InChI=1S/C31H35NO8S3/c1-2-31(36)40-19-21-42-41-20-18-26(33)16-17-29(43(37,38)39)28(34)12-7-13-30(35)32-22-25-10-4-3-8-23(25)14-15-24-9-5-6-11-27(24)32/h3-6,8-11,29H,2,7,12-13,16-22H2,1H3,(H,37,38,39). The highest BCUT2D eigenvalue weighted by molar-refractivity contribution is 8.76. The summed E-state index contributed by atoms with van der Waals surface area (Å²) in [5.41, 5.74) is 3.07. The molecule has 0 saturated heterocycles. The van der Waals surface area contributed by atoms with Gasteiger partial charge < -0.3 is 9.64 Å². The molecule has 0 spiro atoms. The summed E-state index contributed by atoms with van der Waals surface area (Å²) in [4.78, 5) is 51.2. The van der Waals surface area contributed by atoms with E-state index >= 15 is 0 Å². The fraction of sp³-hybridized carbons (Fsp3) is 0.419. The molecule has 0 fully saturated rings. The predicted molar refractivity (Wildman–Crippen MR) is 169 cm³/mol. The monoisotopic (exact) mass is 645 g/mol. The molecule has 0 aliphatic carbocycles. The second-order valence-electron chi connectivity index (χ2n) is 9.77. The van der Waals surface area contributed by atoms with Crippen LogP contribution < -0.4 is 4.90 Å².